The average molecular weight is 314 g/mol. The van der Waals surface area contributed by atoms with Crippen LogP contribution in [0.4, 0.5) is 0 Å². The van der Waals surface area contributed by atoms with E-state index in [-0.39, 0.29) is 6.04 Å². The molecule has 0 bridgehead atoms. The topological polar surface area (TPSA) is 54.2 Å². The average Bonchev–Trinajstić information content (AvgIpc) is 3.02. The SMILES string of the molecule is CC(C)c1ccc(CCc2nc(C3CNCCN3C)no2)cc1. The van der Waals surface area contributed by atoms with Gasteiger partial charge in [0.2, 0.25) is 5.89 Å². The highest BCUT2D eigenvalue weighted by atomic mass is 16.5. The Morgan fingerprint density at radius 1 is 1.26 bits per heavy atom. The fourth-order valence-electron chi connectivity index (χ4n) is 2.92. The smallest absolute Gasteiger partial charge is 0.227 e. The highest BCUT2D eigenvalue weighted by molar-refractivity contribution is 5.25. The molecular weight excluding hydrogens is 288 g/mol. The Morgan fingerprint density at radius 3 is 2.74 bits per heavy atom. The molecular formula is C18H26N4O. The van der Waals surface area contributed by atoms with Gasteiger partial charge in [-0.1, -0.05) is 43.3 Å². The molecule has 3 rings (SSSR count). The van der Waals surface area contributed by atoms with E-state index in [2.05, 4.69) is 65.5 Å². The molecule has 2 heterocycles. The Morgan fingerprint density at radius 2 is 2.04 bits per heavy atom. The van der Waals surface area contributed by atoms with Crippen LogP contribution in [0.3, 0.4) is 0 Å². The molecule has 1 aromatic carbocycles. The molecule has 1 fully saturated rings. The molecule has 0 aliphatic carbocycles. The van der Waals surface area contributed by atoms with Crippen molar-refractivity contribution in [3.05, 3.63) is 47.1 Å². The van der Waals surface area contributed by atoms with Crippen molar-refractivity contribution in [2.75, 3.05) is 26.7 Å². The number of nitrogens with one attached hydrogen (secondary N) is 1. The largest absolute Gasteiger partial charge is 0.339 e. The monoisotopic (exact) mass is 314 g/mol. The molecule has 1 unspecified atom stereocenters. The summed E-state index contributed by atoms with van der Waals surface area (Å²) >= 11 is 0. The van der Waals surface area contributed by atoms with Crippen LogP contribution in [0.25, 0.3) is 0 Å². The molecule has 1 atom stereocenters. The molecule has 5 heteroatoms. The maximum atomic E-state index is 5.43. The van der Waals surface area contributed by atoms with Crippen molar-refractivity contribution in [2.24, 2.45) is 0 Å². The van der Waals surface area contributed by atoms with E-state index in [0.717, 1.165) is 44.2 Å². The van der Waals surface area contributed by atoms with Gasteiger partial charge in [-0.2, -0.15) is 4.98 Å². The molecule has 1 aliphatic rings. The van der Waals surface area contributed by atoms with E-state index in [1.165, 1.54) is 11.1 Å². The van der Waals surface area contributed by atoms with Gasteiger partial charge in [-0.05, 0) is 30.5 Å². The minimum Gasteiger partial charge on any atom is -0.339 e. The lowest BCUT2D eigenvalue weighted by Gasteiger charge is -2.30. The fraction of sp³-hybridized carbons (Fsp3) is 0.556. The zero-order chi connectivity index (χ0) is 16.2. The van der Waals surface area contributed by atoms with Crippen LogP contribution in [0.5, 0.6) is 0 Å². The van der Waals surface area contributed by atoms with E-state index < -0.39 is 0 Å². The minimum atomic E-state index is 0.214. The van der Waals surface area contributed by atoms with Crippen LogP contribution in [0.15, 0.2) is 28.8 Å². The fourth-order valence-corrected chi connectivity index (χ4v) is 2.92. The molecule has 5 nitrogen and oxygen atoms in total. The van der Waals surface area contributed by atoms with Crippen molar-refractivity contribution in [1.29, 1.82) is 0 Å². The minimum absolute atomic E-state index is 0.214. The second kappa shape index (κ2) is 7.23. The van der Waals surface area contributed by atoms with Crippen molar-refractivity contribution in [3.8, 4) is 0 Å². The summed E-state index contributed by atoms with van der Waals surface area (Å²) in [6, 6.07) is 9.03. The van der Waals surface area contributed by atoms with Crippen LogP contribution in [0.1, 0.15) is 48.6 Å². The van der Waals surface area contributed by atoms with Crippen molar-refractivity contribution < 1.29 is 4.52 Å². The first-order valence-corrected chi connectivity index (χ1v) is 8.46. The first-order valence-electron chi connectivity index (χ1n) is 8.46. The van der Waals surface area contributed by atoms with E-state index in [1.807, 2.05) is 0 Å². The van der Waals surface area contributed by atoms with Crippen molar-refractivity contribution in [2.45, 2.75) is 38.6 Å². The Labute approximate surface area is 138 Å². The highest BCUT2D eigenvalue weighted by Crippen LogP contribution is 2.19. The quantitative estimate of drug-likeness (QED) is 0.919. The molecule has 1 saturated heterocycles. The van der Waals surface area contributed by atoms with Crippen molar-refractivity contribution in [3.63, 3.8) is 0 Å². The number of aromatic nitrogens is 2. The lowest BCUT2D eigenvalue weighted by molar-refractivity contribution is 0.190. The molecule has 0 spiro atoms. The van der Waals surface area contributed by atoms with E-state index in [9.17, 15) is 0 Å². The molecule has 0 radical (unpaired) electrons. The number of hydrogen-bond acceptors (Lipinski definition) is 5. The number of hydrogen-bond donors (Lipinski definition) is 1. The summed E-state index contributed by atoms with van der Waals surface area (Å²) in [5.74, 6) is 2.10. The van der Waals surface area contributed by atoms with Gasteiger partial charge >= 0.3 is 0 Å². The Hall–Kier alpha value is -1.72. The van der Waals surface area contributed by atoms with Crippen LogP contribution in [-0.2, 0) is 12.8 Å². The van der Waals surface area contributed by atoms with E-state index in [4.69, 9.17) is 4.52 Å². The second-order valence-corrected chi connectivity index (χ2v) is 6.64. The Balaban J connectivity index is 1.58. The summed E-state index contributed by atoms with van der Waals surface area (Å²) in [7, 11) is 2.11. The van der Waals surface area contributed by atoms with Crippen LogP contribution < -0.4 is 5.32 Å². The first kappa shape index (κ1) is 16.1. The van der Waals surface area contributed by atoms with Crippen LogP contribution in [0.2, 0.25) is 0 Å². The van der Waals surface area contributed by atoms with Crippen LogP contribution in [0, 0.1) is 0 Å². The number of benzene rings is 1. The van der Waals surface area contributed by atoms with Gasteiger partial charge in [-0.25, -0.2) is 0 Å². The summed E-state index contributed by atoms with van der Waals surface area (Å²) in [5.41, 5.74) is 2.69. The predicted octanol–water partition coefficient (Wildman–Crippen LogP) is 2.55. The normalized spacial score (nSPS) is 19.4. The summed E-state index contributed by atoms with van der Waals surface area (Å²) in [6.07, 6.45) is 1.72. The molecule has 124 valence electrons. The first-order chi connectivity index (χ1) is 11.1. The van der Waals surface area contributed by atoms with Gasteiger partial charge in [-0.15, -0.1) is 0 Å². The number of likely N-dealkylation sites (N-methyl/N-ethyl adjacent to an activating group) is 1. The molecule has 1 aromatic heterocycles. The lowest BCUT2D eigenvalue weighted by Crippen LogP contribution is -2.44. The maximum Gasteiger partial charge on any atom is 0.227 e. The third-order valence-corrected chi connectivity index (χ3v) is 4.57. The van der Waals surface area contributed by atoms with Gasteiger partial charge in [-0.3, -0.25) is 4.90 Å². The molecule has 1 aliphatic heterocycles. The standard InChI is InChI=1S/C18H26N4O/c1-13(2)15-7-4-14(5-8-15)6-9-17-20-18(21-23-17)16-12-19-10-11-22(16)3/h4-5,7-8,13,16,19H,6,9-12H2,1-3H3. The molecule has 1 N–H and O–H groups in total. The molecule has 2 aromatic rings. The van der Waals surface area contributed by atoms with Gasteiger partial charge in [0.05, 0.1) is 6.04 Å². The van der Waals surface area contributed by atoms with E-state index in [0.29, 0.717) is 5.92 Å². The summed E-state index contributed by atoms with van der Waals surface area (Å²) in [4.78, 5) is 6.86. The Kier molecular flexibility index (Phi) is 5.08. The molecule has 0 saturated carbocycles. The third-order valence-electron chi connectivity index (χ3n) is 4.57. The van der Waals surface area contributed by atoms with Crippen molar-refractivity contribution >= 4 is 0 Å². The van der Waals surface area contributed by atoms with Crippen molar-refractivity contribution in [1.82, 2.24) is 20.4 Å². The van der Waals surface area contributed by atoms with E-state index in [1.54, 1.807) is 0 Å². The summed E-state index contributed by atoms with van der Waals surface area (Å²) in [6.45, 7) is 7.34. The van der Waals surface area contributed by atoms with Gasteiger partial charge in [0.25, 0.3) is 0 Å². The maximum absolute atomic E-state index is 5.43. The summed E-state index contributed by atoms with van der Waals surface area (Å²) < 4.78 is 5.43. The zero-order valence-corrected chi connectivity index (χ0v) is 14.2. The highest BCUT2D eigenvalue weighted by Gasteiger charge is 2.25. The van der Waals surface area contributed by atoms with Gasteiger partial charge in [0.1, 0.15) is 0 Å². The summed E-state index contributed by atoms with van der Waals surface area (Å²) in [5, 5.41) is 7.55. The third kappa shape index (κ3) is 3.98. The number of rotatable bonds is 5. The van der Waals surface area contributed by atoms with Gasteiger partial charge in [0.15, 0.2) is 5.82 Å². The van der Waals surface area contributed by atoms with Crippen LogP contribution in [-0.4, -0.2) is 41.7 Å². The predicted molar refractivity (Wildman–Crippen MR) is 90.5 cm³/mol. The Bertz CT molecular complexity index is 620. The second-order valence-electron chi connectivity index (χ2n) is 6.64. The van der Waals surface area contributed by atoms with Gasteiger partial charge in [0, 0.05) is 26.1 Å². The molecule has 0 amide bonds. The number of piperazine rings is 1. The lowest BCUT2D eigenvalue weighted by atomic mass is 10.0. The van der Waals surface area contributed by atoms with Gasteiger partial charge < -0.3 is 9.84 Å². The molecule has 23 heavy (non-hydrogen) atoms. The number of aryl methyl sites for hydroxylation is 2. The van der Waals surface area contributed by atoms with Crippen LogP contribution >= 0.6 is 0 Å². The van der Waals surface area contributed by atoms with E-state index >= 15 is 0 Å². The number of nitrogens with zero attached hydrogens (tertiary/aromatic N) is 3. The zero-order valence-electron chi connectivity index (χ0n) is 14.2.